The Morgan fingerprint density at radius 2 is 2.36 bits per heavy atom. The minimum atomic E-state index is -0.309. The third-order valence-electron chi connectivity index (χ3n) is 0.971. The second kappa shape index (κ2) is 7.10. The third kappa shape index (κ3) is 6.88. The second-order valence-electron chi connectivity index (χ2n) is 1.81. The molecule has 0 rings (SSSR count). The molecule has 0 aromatic rings. The minimum Gasteiger partial charge on any atom is -0.452 e. The number of ether oxygens (including phenoxy) is 2. The van der Waals surface area contributed by atoms with Crippen molar-refractivity contribution < 1.29 is 14.3 Å². The number of esters is 1. The molecule has 0 atom stereocenters. The van der Waals surface area contributed by atoms with Crippen molar-refractivity contribution in [2.24, 2.45) is 0 Å². The summed E-state index contributed by atoms with van der Waals surface area (Å²) >= 11 is 0. The van der Waals surface area contributed by atoms with Gasteiger partial charge in [0.15, 0.2) is 6.61 Å². The SMILES string of the molecule is C#CCOC(=O)CCOCC. The largest absolute Gasteiger partial charge is 0.452 e. The first kappa shape index (κ1) is 9.99. The van der Waals surface area contributed by atoms with Gasteiger partial charge in [-0.1, -0.05) is 5.92 Å². The summed E-state index contributed by atoms with van der Waals surface area (Å²) in [4.78, 5) is 10.7. The summed E-state index contributed by atoms with van der Waals surface area (Å²) in [5.41, 5.74) is 0. The standard InChI is InChI=1S/C8H12O3/c1-3-6-11-8(9)5-7-10-4-2/h1H,4-7H2,2H3. The Kier molecular flexibility index (Phi) is 6.45. The first-order chi connectivity index (χ1) is 5.31. The van der Waals surface area contributed by atoms with E-state index in [0.29, 0.717) is 13.2 Å². The van der Waals surface area contributed by atoms with Gasteiger partial charge >= 0.3 is 5.97 Å². The fourth-order valence-electron chi connectivity index (χ4n) is 0.494. The molecule has 3 nitrogen and oxygen atoms in total. The quantitative estimate of drug-likeness (QED) is 0.332. The lowest BCUT2D eigenvalue weighted by atomic mass is 10.5. The highest BCUT2D eigenvalue weighted by Crippen LogP contribution is 1.86. The molecule has 0 aromatic heterocycles. The number of hydrogen-bond acceptors (Lipinski definition) is 3. The first-order valence-electron chi connectivity index (χ1n) is 3.48. The normalized spacial score (nSPS) is 8.73. The summed E-state index contributed by atoms with van der Waals surface area (Å²) in [6.45, 7) is 2.93. The zero-order valence-electron chi connectivity index (χ0n) is 6.63. The smallest absolute Gasteiger partial charge is 0.309 e. The highest BCUT2D eigenvalue weighted by molar-refractivity contribution is 5.69. The van der Waals surface area contributed by atoms with Crippen LogP contribution in [-0.4, -0.2) is 25.8 Å². The topological polar surface area (TPSA) is 35.5 Å². The van der Waals surface area contributed by atoms with Crippen LogP contribution >= 0.6 is 0 Å². The molecule has 0 heterocycles. The molecule has 0 aliphatic rings. The molecule has 0 aromatic carbocycles. The van der Waals surface area contributed by atoms with Gasteiger partial charge in [0.05, 0.1) is 13.0 Å². The number of carbonyl (C=O) groups is 1. The van der Waals surface area contributed by atoms with E-state index in [2.05, 4.69) is 10.7 Å². The molecule has 0 saturated heterocycles. The summed E-state index contributed by atoms with van der Waals surface area (Å²) in [6.07, 6.45) is 5.15. The average molecular weight is 156 g/mol. The zero-order chi connectivity index (χ0) is 8.53. The van der Waals surface area contributed by atoms with E-state index in [1.54, 1.807) is 0 Å². The van der Waals surface area contributed by atoms with Crippen molar-refractivity contribution in [3.63, 3.8) is 0 Å². The molecule has 0 amide bonds. The van der Waals surface area contributed by atoms with Crippen LogP contribution in [0.25, 0.3) is 0 Å². The van der Waals surface area contributed by atoms with Gasteiger partial charge in [-0.25, -0.2) is 0 Å². The van der Waals surface area contributed by atoms with Crippen molar-refractivity contribution in [2.45, 2.75) is 13.3 Å². The van der Waals surface area contributed by atoms with Gasteiger partial charge in [0.1, 0.15) is 0 Å². The molecule has 62 valence electrons. The number of hydrogen-bond donors (Lipinski definition) is 0. The van der Waals surface area contributed by atoms with E-state index in [1.165, 1.54) is 0 Å². The predicted octanol–water partition coefficient (Wildman–Crippen LogP) is 0.589. The van der Waals surface area contributed by atoms with E-state index in [0.717, 1.165) is 0 Å². The molecule has 0 N–H and O–H groups in total. The van der Waals surface area contributed by atoms with Crippen molar-refractivity contribution in [2.75, 3.05) is 19.8 Å². The van der Waals surface area contributed by atoms with E-state index in [9.17, 15) is 4.79 Å². The van der Waals surface area contributed by atoms with E-state index < -0.39 is 0 Å². The van der Waals surface area contributed by atoms with E-state index in [4.69, 9.17) is 11.2 Å². The molecular formula is C8H12O3. The van der Waals surface area contributed by atoms with Gasteiger partial charge < -0.3 is 9.47 Å². The first-order valence-corrected chi connectivity index (χ1v) is 3.48. The highest BCUT2D eigenvalue weighted by atomic mass is 16.5. The molecule has 3 heteroatoms. The highest BCUT2D eigenvalue weighted by Gasteiger charge is 1.99. The van der Waals surface area contributed by atoms with Gasteiger partial charge in [-0.15, -0.1) is 6.42 Å². The van der Waals surface area contributed by atoms with Crippen molar-refractivity contribution in [1.82, 2.24) is 0 Å². The molecule has 0 bridgehead atoms. The monoisotopic (exact) mass is 156 g/mol. The Hall–Kier alpha value is -1.01. The van der Waals surface area contributed by atoms with Crippen LogP contribution in [0.5, 0.6) is 0 Å². The van der Waals surface area contributed by atoms with Gasteiger partial charge in [0.2, 0.25) is 0 Å². The van der Waals surface area contributed by atoms with Crippen molar-refractivity contribution in [1.29, 1.82) is 0 Å². The molecular weight excluding hydrogens is 144 g/mol. The van der Waals surface area contributed by atoms with Crippen LogP contribution in [0.3, 0.4) is 0 Å². The Morgan fingerprint density at radius 1 is 1.64 bits per heavy atom. The maximum absolute atomic E-state index is 10.7. The van der Waals surface area contributed by atoms with Crippen molar-refractivity contribution in [3.05, 3.63) is 0 Å². The third-order valence-corrected chi connectivity index (χ3v) is 0.971. The summed E-state index contributed by atoms with van der Waals surface area (Å²) in [5.74, 6) is 1.90. The van der Waals surface area contributed by atoms with Crippen LogP contribution in [-0.2, 0) is 14.3 Å². The Balaban J connectivity index is 3.17. The lowest BCUT2D eigenvalue weighted by Gasteiger charge is -2.00. The lowest BCUT2D eigenvalue weighted by Crippen LogP contribution is -2.08. The molecule has 0 spiro atoms. The van der Waals surface area contributed by atoms with Gasteiger partial charge in [-0.3, -0.25) is 4.79 Å². The zero-order valence-corrected chi connectivity index (χ0v) is 6.63. The van der Waals surface area contributed by atoms with Crippen molar-refractivity contribution in [3.8, 4) is 12.3 Å². The summed E-state index contributed by atoms with van der Waals surface area (Å²) in [7, 11) is 0. The summed E-state index contributed by atoms with van der Waals surface area (Å²) < 4.78 is 9.51. The Morgan fingerprint density at radius 3 is 2.91 bits per heavy atom. The van der Waals surface area contributed by atoms with Gasteiger partial charge in [0.25, 0.3) is 0 Å². The van der Waals surface area contributed by atoms with Crippen LogP contribution in [0.4, 0.5) is 0 Å². The number of carbonyl (C=O) groups excluding carboxylic acids is 1. The van der Waals surface area contributed by atoms with Crippen LogP contribution in [0.1, 0.15) is 13.3 Å². The fourth-order valence-corrected chi connectivity index (χ4v) is 0.494. The fraction of sp³-hybridized carbons (Fsp3) is 0.625. The molecule has 11 heavy (non-hydrogen) atoms. The molecule has 0 aliphatic heterocycles. The van der Waals surface area contributed by atoms with Gasteiger partial charge in [0, 0.05) is 6.61 Å². The van der Waals surface area contributed by atoms with Gasteiger partial charge in [-0.05, 0) is 6.92 Å². The van der Waals surface area contributed by atoms with Gasteiger partial charge in [-0.2, -0.15) is 0 Å². The second-order valence-corrected chi connectivity index (χ2v) is 1.81. The van der Waals surface area contributed by atoms with E-state index in [-0.39, 0.29) is 19.0 Å². The lowest BCUT2D eigenvalue weighted by molar-refractivity contribution is -0.143. The average Bonchev–Trinajstić information content (AvgIpc) is 2.01. The van der Waals surface area contributed by atoms with Crippen LogP contribution < -0.4 is 0 Å². The molecule has 0 fully saturated rings. The summed E-state index contributed by atoms with van der Waals surface area (Å²) in [6, 6.07) is 0. The Bertz CT molecular complexity index is 146. The maximum Gasteiger partial charge on any atom is 0.309 e. The number of rotatable bonds is 5. The molecule has 0 unspecified atom stereocenters. The van der Waals surface area contributed by atoms with Crippen LogP contribution in [0.2, 0.25) is 0 Å². The molecule has 0 saturated carbocycles. The molecule has 0 radical (unpaired) electrons. The van der Waals surface area contributed by atoms with Crippen molar-refractivity contribution >= 4 is 5.97 Å². The number of terminal acetylenes is 1. The predicted molar refractivity (Wildman–Crippen MR) is 40.9 cm³/mol. The molecule has 0 aliphatic carbocycles. The van der Waals surface area contributed by atoms with Crippen LogP contribution in [0, 0.1) is 12.3 Å². The Labute approximate surface area is 66.7 Å². The minimum absolute atomic E-state index is 0.0466. The summed E-state index contributed by atoms with van der Waals surface area (Å²) in [5, 5.41) is 0. The van der Waals surface area contributed by atoms with E-state index >= 15 is 0 Å². The maximum atomic E-state index is 10.7. The van der Waals surface area contributed by atoms with E-state index in [1.807, 2.05) is 6.92 Å². The van der Waals surface area contributed by atoms with Crippen LogP contribution in [0.15, 0.2) is 0 Å².